The standard InChI is InChI=1S/C14H11ClN2O5S/c15-13-7-9(3-4-16-13)14(18)17-23(19,20)10-1-2-11-12(8-10)22-6-5-21-11/h1-4,7-8H,5-6H2,(H,17,18). The molecule has 23 heavy (non-hydrogen) atoms. The van der Waals surface area contributed by atoms with E-state index in [4.69, 9.17) is 21.1 Å². The molecular weight excluding hydrogens is 344 g/mol. The van der Waals surface area contributed by atoms with Gasteiger partial charge in [0.25, 0.3) is 15.9 Å². The zero-order valence-electron chi connectivity index (χ0n) is 11.7. The number of pyridine rings is 1. The van der Waals surface area contributed by atoms with Gasteiger partial charge in [-0.2, -0.15) is 0 Å². The molecule has 0 fully saturated rings. The van der Waals surface area contributed by atoms with Crippen molar-refractivity contribution in [2.24, 2.45) is 0 Å². The number of hydrogen-bond donors (Lipinski definition) is 1. The second-order valence-corrected chi connectivity index (χ2v) is 6.68. The number of nitrogens with one attached hydrogen (secondary N) is 1. The van der Waals surface area contributed by atoms with Crippen molar-refractivity contribution < 1.29 is 22.7 Å². The lowest BCUT2D eigenvalue weighted by Gasteiger charge is -2.18. The molecule has 0 atom stereocenters. The summed E-state index contributed by atoms with van der Waals surface area (Å²) in [7, 11) is -4.05. The molecular formula is C14H11ClN2O5S. The molecule has 1 aromatic heterocycles. The van der Waals surface area contributed by atoms with Gasteiger partial charge in [-0.3, -0.25) is 4.79 Å². The van der Waals surface area contributed by atoms with Crippen molar-refractivity contribution in [3.8, 4) is 11.5 Å². The summed E-state index contributed by atoms with van der Waals surface area (Å²) in [5.74, 6) is -0.0230. The van der Waals surface area contributed by atoms with E-state index in [1.165, 1.54) is 36.5 Å². The number of sulfonamides is 1. The number of ether oxygens (including phenoxy) is 2. The third-order valence-corrected chi connectivity index (χ3v) is 4.58. The van der Waals surface area contributed by atoms with Gasteiger partial charge in [-0.1, -0.05) is 11.6 Å². The maximum Gasteiger partial charge on any atom is 0.265 e. The molecule has 0 unspecified atom stereocenters. The van der Waals surface area contributed by atoms with Crippen molar-refractivity contribution in [3.05, 3.63) is 47.2 Å². The van der Waals surface area contributed by atoms with E-state index >= 15 is 0 Å². The van der Waals surface area contributed by atoms with Crippen LogP contribution in [0.25, 0.3) is 0 Å². The lowest BCUT2D eigenvalue weighted by molar-refractivity contribution is 0.0981. The first-order chi connectivity index (χ1) is 11.0. The van der Waals surface area contributed by atoms with Crippen molar-refractivity contribution in [3.63, 3.8) is 0 Å². The van der Waals surface area contributed by atoms with Crippen LogP contribution in [0, 0.1) is 0 Å². The first-order valence-corrected chi connectivity index (χ1v) is 8.40. The fourth-order valence-corrected chi connectivity index (χ4v) is 3.14. The van der Waals surface area contributed by atoms with Crippen LogP contribution in [-0.2, 0) is 10.0 Å². The minimum atomic E-state index is -4.05. The number of amides is 1. The van der Waals surface area contributed by atoms with Crippen molar-refractivity contribution in [1.82, 2.24) is 9.71 Å². The van der Waals surface area contributed by atoms with E-state index in [2.05, 4.69) is 4.98 Å². The molecule has 7 nitrogen and oxygen atoms in total. The average Bonchev–Trinajstić information content (AvgIpc) is 2.54. The number of carbonyl (C=O) groups is 1. The third kappa shape index (κ3) is 3.38. The highest BCUT2D eigenvalue weighted by atomic mass is 35.5. The van der Waals surface area contributed by atoms with Crippen LogP contribution in [0.2, 0.25) is 5.15 Å². The molecule has 9 heteroatoms. The minimum absolute atomic E-state index is 0.0890. The van der Waals surface area contributed by atoms with E-state index in [0.717, 1.165) is 0 Å². The van der Waals surface area contributed by atoms with E-state index in [1.54, 1.807) is 0 Å². The number of hydrogen-bond acceptors (Lipinski definition) is 6. The number of carbonyl (C=O) groups excluding carboxylic acids is 1. The third-order valence-electron chi connectivity index (χ3n) is 3.04. The number of halogens is 1. The Bertz CT molecular complexity index is 869. The minimum Gasteiger partial charge on any atom is -0.486 e. The molecule has 0 spiro atoms. The van der Waals surface area contributed by atoms with Crippen LogP contribution in [-0.4, -0.2) is 32.5 Å². The van der Waals surface area contributed by atoms with Gasteiger partial charge in [-0.15, -0.1) is 0 Å². The molecule has 3 rings (SSSR count). The number of fused-ring (bicyclic) bond motifs is 1. The Morgan fingerprint density at radius 2 is 1.87 bits per heavy atom. The Labute approximate surface area is 137 Å². The summed E-state index contributed by atoms with van der Waals surface area (Å²) in [6.07, 6.45) is 1.31. The molecule has 0 aliphatic carbocycles. The summed E-state index contributed by atoms with van der Waals surface area (Å²) in [6, 6.07) is 6.76. The van der Waals surface area contributed by atoms with Crippen LogP contribution in [0.1, 0.15) is 10.4 Å². The smallest absolute Gasteiger partial charge is 0.265 e. The van der Waals surface area contributed by atoms with E-state index in [9.17, 15) is 13.2 Å². The number of nitrogens with zero attached hydrogens (tertiary/aromatic N) is 1. The molecule has 0 radical (unpaired) electrons. The van der Waals surface area contributed by atoms with Crippen molar-refractivity contribution in [2.75, 3.05) is 13.2 Å². The van der Waals surface area contributed by atoms with Crippen LogP contribution >= 0.6 is 11.6 Å². The summed E-state index contributed by atoms with van der Waals surface area (Å²) >= 11 is 5.69. The molecule has 1 amide bonds. The zero-order chi connectivity index (χ0) is 16.4. The van der Waals surface area contributed by atoms with E-state index in [-0.39, 0.29) is 15.6 Å². The summed E-state index contributed by atoms with van der Waals surface area (Å²) in [5.41, 5.74) is 0.0890. The first kappa shape index (κ1) is 15.6. The maximum absolute atomic E-state index is 12.3. The molecule has 1 aliphatic rings. The van der Waals surface area contributed by atoms with Crippen LogP contribution in [0.15, 0.2) is 41.4 Å². The normalized spacial score (nSPS) is 13.4. The summed E-state index contributed by atoms with van der Waals surface area (Å²) in [4.78, 5) is 15.7. The summed E-state index contributed by atoms with van der Waals surface area (Å²) in [6.45, 7) is 0.733. The van der Waals surface area contributed by atoms with Crippen molar-refractivity contribution >= 4 is 27.5 Å². The topological polar surface area (TPSA) is 94.6 Å². The van der Waals surface area contributed by atoms with Gasteiger partial charge in [0.2, 0.25) is 0 Å². The van der Waals surface area contributed by atoms with Crippen LogP contribution < -0.4 is 14.2 Å². The second kappa shape index (κ2) is 6.05. The highest BCUT2D eigenvalue weighted by Gasteiger charge is 2.22. The van der Waals surface area contributed by atoms with Gasteiger partial charge >= 0.3 is 0 Å². The quantitative estimate of drug-likeness (QED) is 0.842. The Kier molecular flexibility index (Phi) is 4.10. The first-order valence-electron chi connectivity index (χ1n) is 6.54. The summed E-state index contributed by atoms with van der Waals surface area (Å²) < 4.78 is 37.3. The van der Waals surface area contributed by atoms with Gasteiger partial charge in [0.1, 0.15) is 18.4 Å². The number of aromatic nitrogens is 1. The van der Waals surface area contributed by atoms with Crippen LogP contribution in [0.5, 0.6) is 11.5 Å². The zero-order valence-corrected chi connectivity index (χ0v) is 13.2. The molecule has 0 bridgehead atoms. The van der Waals surface area contributed by atoms with E-state index in [0.29, 0.717) is 24.7 Å². The fraction of sp³-hybridized carbons (Fsp3) is 0.143. The highest BCUT2D eigenvalue weighted by Crippen LogP contribution is 2.32. The Hall–Kier alpha value is -2.32. The lowest BCUT2D eigenvalue weighted by Crippen LogP contribution is -2.30. The largest absolute Gasteiger partial charge is 0.486 e. The van der Waals surface area contributed by atoms with Crippen LogP contribution in [0.4, 0.5) is 0 Å². The highest BCUT2D eigenvalue weighted by molar-refractivity contribution is 7.90. The van der Waals surface area contributed by atoms with Gasteiger partial charge < -0.3 is 9.47 Å². The van der Waals surface area contributed by atoms with E-state index < -0.39 is 15.9 Å². The molecule has 0 saturated carbocycles. The predicted molar refractivity (Wildman–Crippen MR) is 81.3 cm³/mol. The number of benzene rings is 1. The van der Waals surface area contributed by atoms with Gasteiger partial charge in [0.05, 0.1) is 4.90 Å². The molecule has 2 heterocycles. The van der Waals surface area contributed by atoms with Crippen molar-refractivity contribution in [1.29, 1.82) is 0 Å². The van der Waals surface area contributed by atoms with Gasteiger partial charge in [0, 0.05) is 17.8 Å². The Balaban J connectivity index is 1.85. The Morgan fingerprint density at radius 3 is 2.61 bits per heavy atom. The molecule has 0 saturated heterocycles. The molecule has 1 aromatic carbocycles. The fourth-order valence-electron chi connectivity index (χ4n) is 1.97. The second-order valence-electron chi connectivity index (χ2n) is 4.61. The molecule has 2 aromatic rings. The lowest BCUT2D eigenvalue weighted by atomic mass is 10.3. The van der Waals surface area contributed by atoms with Crippen LogP contribution in [0.3, 0.4) is 0 Å². The number of rotatable bonds is 3. The van der Waals surface area contributed by atoms with Gasteiger partial charge in [-0.25, -0.2) is 18.1 Å². The monoisotopic (exact) mass is 354 g/mol. The van der Waals surface area contributed by atoms with Crippen molar-refractivity contribution in [2.45, 2.75) is 4.90 Å². The SMILES string of the molecule is O=C(NS(=O)(=O)c1ccc2c(c1)OCCO2)c1ccnc(Cl)c1. The molecule has 120 valence electrons. The molecule has 1 N–H and O–H groups in total. The van der Waals surface area contributed by atoms with Gasteiger partial charge in [-0.05, 0) is 24.3 Å². The Morgan fingerprint density at radius 1 is 1.13 bits per heavy atom. The van der Waals surface area contributed by atoms with E-state index in [1.807, 2.05) is 4.72 Å². The van der Waals surface area contributed by atoms with Gasteiger partial charge in [0.15, 0.2) is 11.5 Å². The predicted octanol–water partition coefficient (Wildman–Crippen LogP) is 1.62. The summed E-state index contributed by atoms with van der Waals surface area (Å²) in [5, 5.41) is 0.0920. The molecule has 1 aliphatic heterocycles. The maximum atomic E-state index is 12.3. The average molecular weight is 355 g/mol.